The summed E-state index contributed by atoms with van der Waals surface area (Å²) in [5.41, 5.74) is 3.71. The Hall–Kier alpha value is -3.09. The molecule has 7 heteroatoms. The second-order valence-electron chi connectivity index (χ2n) is 7.08. The van der Waals surface area contributed by atoms with Gasteiger partial charge in [-0.1, -0.05) is 13.8 Å². The van der Waals surface area contributed by atoms with Gasteiger partial charge in [-0.05, 0) is 30.0 Å². The molecule has 4 heterocycles. The lowest BCUT2D eigenvalue weighted by Gasteiger charge is -2.22. The molecule has 0 aliphatic carbocycles. The molecule has 1 aliphatic heterocycles. The van der Waals surface area contributed by atoms with Crippen molar-refractivity contribution in [2.45, 2.75) is 26.2 Å². The summed E-state index contributed by atoms with van der Waals surface area (Å²) >= 11 is 0. The molecule has 3 aromatic heterocycles. The third-order valence-corrected chi connectivity index (χ3v) is 5.23. The minimum Gasteiger partial charge on any atom is -0.491 e. The predicted molar refractivity (Wildman–Crippen MR) is 105 cm³/mol. The van der Waals surface area contributed by atoms with Crippen molar-refractivity contribution in [3.05, 3.63) is 60.2 Å². The first-order valence-corrected chi connectivity index (χ1v) is 9.40. The second-order valence-corrected chi connectivity index (χ2v) is 7.08. The number of anilines is 1. The number of hydrogen-bond donors (Lipinski definition) is 1. The van der Waals surface area contributed by atoms with E-state index < -0.39 is 5.95 Å². The molecule has 1 aliphatic rings. The monoisotopic (exact) mass is 379 g/mol. The van der Waals surface area contributed by atoms with Crippen molar-refractivity contribution in [3.63, 3.8) is 0 Å². The fourth-order valence-corrected chi connectivity index (χ4v) is 3.35. The van der Waals surface area contributed by atoms with Gasteiger partial charge in [-0.25, -0.2) is 15.0 Å². The molecule has 6 nitrogen and oxygen atoms in total. The molecule has 0 fully saturated rings. The van der Waals surface area contributed by atoms with Gasteiger partial charge in [0.05, 0.1) is 18.0 Å². The molecular weight excluding hydrogens is 357 g/mol. The number of hydrogen-bond acceptors (Lipinski definition) is 6. The minimum atomic E-state index is -0.509. The van der Waals surface area contributed by atoms with Gasteiger partial charge in [0.1, 0.15) is 17.9 Å². The van der Waals surface area contributed by atoms with Crippen LogP contribution in [0.4, 0.5) is 10.2 Å². The van der Waals surface area contributed by atoms with E-state index in [1.54, 1.807) is 6.07 Å². The molecule has 28 heavy (non-hydrogen) atoms. The number of nitrogens with one attached hydrogen (secondary N) is 1. The summed E-state index contributed by atoms with van der Waals surface area (Å²) in [6.07, 6.45) is 5.71. The Morgan fingerprint density at radius 1 is 1.14 bits per heavy atom. The summed E-state index contributed by atoms with van der Waals surface area (Å²) in [6, 6.07) is 6.88. The third-order valence-electron chi connectivity index (χ3n) is 5.23. The van der Waals surface area contributed by atoms with Gasteiger partial charge in [-0.3, -0.25) is 4.98 Å². The highest BCUT2D eigenvalue weighted by Gasteiger charge is 2.24. The number of fused-ring (bicyclic) bond motifs is 1. The maximum Gasteiger partial charge on any atom is 0.212 e. The highest BCUT2D eigenvalue weighted by Crippen LogP contribution is 2.36. The van der Waals surface area contributed by atoms with Crippen molar-refractivity contribution < 1.29 is 9.13 Å². The van der Waals surface area contributed by atoms with E-state index in [4.69, 9.17) is 4.74 Å². The quantitative estimate of drug-likeness (QED) is 0.656. The molecule has 1 unspecified atom stereocenters. The lowest BCUT2D eigenvalue weighted by molar-refractivity contribution is 0.347. The maximum atomic E-state index is 13.0. The molecule has 4 rings (SSSR count). The van der Waals surface area contributed by atoms with E-state index in [2.05, 4.69) is 45.2 Å². The zero-order valence-corrected chi connectivity index (χ0v) is 15.9. The van der Waals surface area contributed by atoms with Crippen LogP contribution in [0, 0.1) is 11.9 Å². The second kappa shape index (κ2) is 7.88. The molecule has 0 amide bonds. The molecule has 0 saturated carbocycles. The van der Waals surface area contributed by atoms with Crippen molar-refractivity contribution >= 4 is 5.82 Å². The van der Waals surface area contributed by atoms with Crippen LogP contribution in [0.1, 0.15) is 31.0 Å². The number of pyridine rings is 2. The first kappa shape index (κ1) is 18.3. The molecule has 0 aromatic carbocycles. The summed E-state index contributed by atoms with van der Waals surface area (Å²) in [5.74, 6) is 1.83. The van der Waals surface area contributed by atoms with E-state index in [1.165, 1.54) is 24.2 Å². The first-order chi connectivity index (χ1) is 13.6. The van der Waals surface area contributed by atoms with Crippen molar-refractivity contribution in [2.24, 2.45) is 5.92 Å². The Morgan fingerprint density at radius 3 is 2.86 bits per heavy atom. The average molecular weight is 379 g/mol. The molecule has 0 radical (unpaired) electrons. The van der Waals surface area contributed by atoms with Crippen molar-refractivity contribution in [1.82, 2.24) is 19.9 Å². The van der Waals surface area contributed by atoms with Crippen LogP contribution in [0.15, 0.2) is 43.0 Å². The largest absolute Gasteiger partial charge is 0.491 e. The Bertz CT molecular complexity index is 963. The van der Waals surface area contributed by atoms with Crippen molar-refractivity contribution in [1.29, 1.82) is 0 Å². The molecule has 0 spiro atoms. The third kappa shape index (κ3) is 3.78. The molecular formula is C21H22FN5O. The first-order valence-electron chi connectivity index (χ1n) is 9.40. The van der Waals surface area contributed by atoms with Crippen LogP contribution in [0.2, 0.25) is 0 Å². The van der Waals surface area contributed by atoms with Crippen LogP contribution in [0.3, 0.4) is 0 Å². The number of aromatic nitrogens is 4. The Kier molecular flexibility index (Phi) is 5.14. The van der Waals surface area contributed by atoms with Gasteiger partial charge in [0.25, 0.3) is 0 Å². The van der Waals surface area contributed by atoms with E-state index >= 15 is 0 Å². The standard InChI is InChI=1S/C21H22FN5O/c1-13(14(2)16-5-7-23-17-6-8-28-21(16)17)10-25-20-9-18(26-12-27-20)15-3-4-19(22)24-11-15/h3-5,7,9,11-14H,6,8,10H2,1-2H3,(H,25,26,27)/t13-,14?/m1/s1. The zero-order chi connectivity index (χ0) is 19.5. The zero-order valence-electron chi connectivity index (χ0n) is 15.9. The van der Waals surface area contributed by atoms with Gasteiger partial charge < -0.3 is 10.1 Å². The average Bonchev–Trinajstić information content (AvgIpc) is 3.21. The fourth-order valence-electron chi connectivity index (χ4n) is 3.35. The van der Waals surface area contributed by atoms with Crippen LogP contribution in [-0.4, -0.2) is 33.1 Å². The topological polar surface area (TPSA) is 72.8 Å². The molecule has 2 atom stereocenters. The SMILES string of the molecule is CC(c1ccnc2c1OCC2)[C@H](C)CNc1cc(-c2ccc(F)nc2)ncn1. The van der Waals surface area contributed by atoms with E-state index in [1.807, 2.05) is 12.3 Å². The molecule has 0 bridgehead atoms. The smallest absolute Gasteiger partial charge is 0.212 e. The van der Waals surface area contributed by atoms with Crippen LogP contribution in [0.5, 0.6) is 5.75 Å². The van der Waals surface area contributed by atoms with Crippen LogP contribution < -0.4 is 10.1 Å². The summed E-state index contributed by atoms with van der Waals surface area (Å²) in [5, 5.41) is 3.38. The van der Waals surface area contributed by atoms with Crippen LogP contribution >= 0.6 is 0 Å². The van der Waals surface area contributed by atoms with Crippen LogP contribution in [0.25, 0.3) is 11.3 Å². The van der Waals surface area contributed by atoms with Gasteiger partial charge in [-0.15, -0.1) is 0 Å². The molecule has 3 aromatic rings. The number of nitrogens with zero attached hydrogens (tertiary/aromatic N) is 4. The Labute approximate surface area is 163 Å². The van der Waals surface area contributed by atoms with Gasteiger partial charge in [0, 0.05) is 42.6 Å². The summed E-state index contributed by atoms with van der Waals surface area (Å²) in [4.78, 5) is 16.6. The Morgan fingerprint density at radius 2 is 2.04 bits per heavy atom. The van der Waals surface area contributed by atoms with E-state index in [-0.39, 0.29) is 0 Å². The summed E-state index contributed by atoms with van der Waals surface area (Å²) in [7, 11) is 0. The van der Waals surface area contributed by atoms with Gasteiger partial charge >= 0.3 is 0 Å². The lowest BCUT2D eigenvalue weighted by Crippen LogP contribution is -2.18. The van der Waals surface area contributed by atoms with E-state index in [0.717, 1.165) is 35.8 Å². The van der Waals surface area contributed by atoms with E-state index in [9.17, 15) is 4.39 Å². The highest BCUT2D eigenvalue weighted by atomic mass is 19.1. The van der Waals surface area contributed by atoms with Crippen LogP contribution in [-0.2, 0) is 6.42 Å². The number of halogens is 1. The van der Waals surface area contributed by atoms with Gasteiger partial charge in [0.15, 0.2) is 0 Å². The predicted octanol–water partition coefficient (Wildman–Crippen LogP) is 3.86. The molecule has 0 saturated heterocycles. The Balaban J connectivity index is 1.44. The summed E-state index contributed by atoms with van der Waals surface area (Å²) in [6.45, 7) is 5.86. The maximum absolute atomic E-state index is 13.0. The van der Waals surface area contributed by atoms with E-state index in [0.29, 0.717) is 24.1 Å². The number of rotatable bonds is 6. The highest BCUT2D eigenvalue weighted by molar-refractivity contribution is 5.60. The lowest BCUT2D eigenvalue weighted by atomic mass is 9.88. The van der Waals surface area contributed by atoms with Crippen molar-refractivity contribution in [3.8, 4) is 17.0 Å². The summed E-state index contributed by atoms with van der Waals surface area (Å²) < 4.78 is 18.8. The molecule has 1 N–H and O–H groups in total. The minimum absolute atomic E-state index is 0.310. The molecule has 144 valence electrons. The number of ether oxygens (including phenoxy) is 1. The fraction of sp³-hybridized carbons (Fsp3) is 0.333. The van der Waals surface area contributed by atoms with Gasteiger partial charge in [-0.2, -0.15) is 4.39 Å². The van der Waals surface area contributed by atoms with Gasteiger partial charge in [0.2, 0.25) is 5.95 Å². The van der Waals surface area contributed by atoms with Crippen molar-refractivity contribution in [2.75, 3.05) is 18.5 Å². The normalized spacial score (nSPS) is 14.8.